The van der Waals surface area contributed by atoms with Gasteiger partial charge in [-0.25, -0.2) is 0 Å². The number of hydrogen-bond acceptors (Lipinski definition) is 2. The molecule has 0 amide bonds. The van der Waals surface area contributed by atoms with E-state index in [0.717, 1.165) is 19.3 Å². The first-order chi connectivity index (χ1) is 6.52. The fourth-order valence-electron chi connectivity index (χ4n) is 2.57. The van der Waals surface area contributed by atoms with Crippen molar-refractivity contribution >= 4 is 6.98 Å². The van der Waals surface area contributed by atoms with Gasteiger partial charge in [0.05, 0.1) is 6.61 Å². The predicted octanol–water partition coefficient (Wildman–Crippen LogP) is -1.37. The minimum absolute atomic E-state index is 0. The second-order valence-corrected chi connectivity index (χ2v) is 4.29. The summed E-state index contributed by atoms with van der Waals surface area (Å²) in [4.78, 5) is 1.58. The van der Waals surface area contributed by atoms with Gasteiger partial charge in [-0.15, -0.1) is 0 Å². The molecule has 2 aliphatic heterocycles. The molecule has 0 saturated carbocycles. The van der Waals surface area contributed by atoms with Crippen LogP contribution in [0.1, 0.15) is 19.3 Å². The van der Waals surface area contributed by atoms with Gasteiger partial charge < -0.3 is 22.6 Å². The van der Waals surface area contributed by atoms with Gasteiger partial charge in [0.15, 0.2) is 0 Å². The molecule has 7 heteroatoms. The SMILES string of the molecule is F[B-](F)(F)CN1CCCC12CCOC2.[K+]. The van der Waals surface area contributed by atoms with Gasteiger partial charge in [-0.1, -0.05) is 0 Å². The first kappa shape index (κ1) is 14.5. The van der Waals surface area contributed by atoms with Crippen molar-refractivity contribution in [1.82, 2.24) is 4.90 Å². The van der Waals surface area contributed by atoms with Gasteiger partial charge in [0.1, 0.15) is 0 Å². The van der Waals surface area contributed by atoms with E-state index in [1.165, 1.54) is 0 Å². The summed E-state index contributed by atoms with van der Waals surface area (Å²) < 4.78 is 42.2. The molecule has 1 atom stereocenters. The number of rotatable bonds is 2. The van der Waals surface area contributed by atoms with Crippen molar-refractivity contribution in [2.45, 2.75) is 24.8 Å². The number of likely N-dealkylation sites (tertiary alicyclic amines) is 1. The Morgan fingerprint density at radius 3 is 2.53 bits per heavy atom. The van der Waals surface area contributed by atoms with Crippen LogP contribution >= 0.6 is 0 Å². The molecule has 2 nitrogen and oxygen atoms in total. The van der Waals surface area contributed by atoms with Crippen LogP contribution in [-0.2, 0) is 4.74 Å². The van der Waals surface area contributed by atoms with E-state index < -0.39 is 13.4 Å². The summed E-state index contributed by atoms with van der Waals surface area (Å²) in [5.41, 5.74) is -0.280. The Kier molecular flexibility index (Phi) is 5.18. The Morgan fingerprint density at radius 1 is 1.27 bits per heavy atom. The fourth-order valence-corrected chi connectivity index (χ4v) is 2.57. The molecule has 2 fully saturated rings. The maximum atomic E-state index is 12.3. The zero-order valence-electron chi connectivity index (χ0n) is 9.02. The smallest absolute Gasteiger partial charge is 0.448 e. The maximum Gasteiger partial charge on any atom is 1.00 e. The summed E-state index contributed by atoms with van der Waals surface area (Å²) in [7, 11) is 0. The summed E-state index contributed by atoms with van der Waals surface area (Å²) in [6, 6.07) is 0. The van der Waals surface area contributed by atoms with Crippen LogP contribution in [-0.4, -0.2) is 43.6 Å². The van der Waals surface area contributed by atoms with E-state index in [-0.39, 0.29) is 56.9 Å². The number of ether oxygens (including phenoxy) is 1. The molecule has 2 aliphatic rings. The Labute approximate surface area is 130 Å². The molecule has 82 valence electrons. The van der Waals surface area contributed by atoms with Crippen LogP contribution in [0.15, 0.2) is 0 Å². The summed E-state index contributed by atoms with van der Waals surface area (Å²) in [6.45, 7) is -3.02. The fraction of sp³-hybridized carbons (Fsp3) is 1.00. The van der Waals surface area contributed by atoms with Crippen molar-refractivity contribution in [3.8, 4) is 0 Å². The maximum absolute atomic E-state index is 12.3. The molecule has 1 spiro atoms. The van der Waals surface area contributed by atoms with Crippen LogP contribution < -0.4 is 51.4 Å². The quantitative estimate of drug-likeness (QED) is 0.558. The Hall–Kier alpha value is 1.41. The van der Waals surface area contributed by atoms with E-state index in [4.69, 9.17) is 4.74 Å². The zero-order chi connectivity index (χ0) is 10.2. The van der Waals surface area contributed by atoms with Crippen molar-refractivity contribution in [3.63, 3.8) is 0 Å². The molecule has 2 saturated heterocycles. The minimum atomic E-state index is -4.70. The normalized spacial score (nSPS) is 32.2. The van der Waals surface area contributed by atoms with Gasteiger partial charge in [-0.2, -0.15) is 0 Å². The first-order valence-electron chi connectivity index (χ1n) is 5.06. The zero-order valence-corrected chi connectivity index (χ0v) is 12.1. The average molecular weight is 247 g/mol. The summed E-state index contributed by atoms with van der Waals surface area (Å²) in [6.07, 6.45) is 1.78. The van der Waals surface area contributed by atoms with E-state index in [9.17, 15) is 12.9 Å². The van der Waals surface area contributed by atoms with Crippen molar-refractivity contribution in [1.29, 1.82) is 0 Å². The molecule has 0 aliphatic carbocycles. The van der Waals surface area contributed by atoms with Crippen LogP contribution in [0.5, 0.6) is 0 Å². The third-order valence-electron chi connectivity index (χ3n) is 3.25. The monoisotopic (exact) mass is 247 g/mol. The second kappa shape index (κ2) is 5.37. The van der Waals surface area contributed by atoms with Crippen LogP contribution in [0, 0.1) is 0 Å². The third-order valence-corrected chi connectivity index (χ3v) is 3.25. The van der Waals surface area contributed by atoms with Crippen LogP contribution in [0.4, 0.5) is 12.9 Å². The summed E-state index contributed by atoms with van der Waals surface area (Å²) in [5.74, 6) is 0. The predicted molar refractivity (Wildman–Crippen MR) is 48.1 cm³/mol. The number of nitrogens with zero attached hydrogens (tertiary/aromatic N) is 1. The molecule has 0 radical (unpaired) electrons. The van der Waals surface area contributed by atoms with Gasteiger partial charge in [0, 0.05) is 12.1 Å². The van der Waals surface area contributed by atoms with Gasteiger partial charge in [-0.05, 0) is 32.3 Å². The molecule has 15 heavy (non-hydrogen) atoms. The van der Waals surface area contributed by atoms with Crippen molar-refractivity contribution in [2.24, 2.45) is 0 Å². The van der Waals surface area contributed by atoms with Crippen molar-refractivity contribution in [3.05, 3.63) is 0 Å². The van der Waals surface area contributed by atoms with E-state index in [2.05, 4.69) is 0 Å². The van der Waals surface area contributed by atoms with Crippen LogP contribution in [0.25, 0.3) is 0 Å². The summed E-state index contributed by atoms with van der Waals surface area (Å²) >= 11 is 0. The topological polar surface area (TPSA) is 12.5 Å². The first-order valence-corrected chi connectivity index (χ1v) is 5.06. The summed E-state index contributed by atoms with van der Waals surface area (Å²) in [5, 5.41) is 0. The Morgan fingerprint density at radius 2 is 2.00 bits per heavy atom. The molecular weight excluding hydrogens is 233 g/mol. The standard InChI is InChI=1S/C8H14BF3NO.K/c10-9(11,12)7-13-4-1-2-8(13)3-5-14-6-8;/h1-7H2;/q-1;+1. The van der Waals surface area contributed by atoms with E-state index in [1.807, 2.05) is 0 Å². The van der Waals surface area contributed by atoms with Gasteiger partial charge >= 0.3 is 58.4 Å². The average Bonchev–Trinajstić information content (AvgIpc) is 2.62. The molecule has 0 aromatic heterocycles. The van der Waals surface area contributed by atoms with E-state index in [0.29, 0.717) is 19.8 Å². The number of halogens is 3. The van der Waals surface area contributed by atoms with E-state index >= 15 is 0 Å². The van der Waals surface area contributed by atoms with Gasteiger partial charge in [-0.3, -0.25) is 0 Å². The van der Waals surface area contributed by atoms with Crippen molar-refractivity contribution < 1.29 is 69.1 Å². The second-order valence-electron chi connectivity index (χ2n) is 4.29. The van der Waals surface area contributed by atoms with E-state index in [1.54, 1.807) is 4.90 Å². The molecule has 1 unspecified atom stereocenters. The molecule has 0 aromatic rings. The van der Waals surface area contributed by atoms with Gasteiger partial charge in [0.25, 0.3) is 0 Å². The Bertz CT molecular complexity index is 215. The number of hydrogen-bond donors (Lipinski definition) is 0. The largest absolute Gasteiger partial charge is 1.00 e. The van der Waals surface area contributed by atoms with Crippen LogP contribution in [0.3, 0.4) is 0 Å². The molecule has 0 bridgehead atoms. The molecule has 0 aromatic carbocycles. The molecule has 2 heterocycles. The van der Waals surface area contributed by atoms with Crippen molar-refractivity contribution in [2.75, 3.05) is 26.2 Å². The molecular formula is C8H14BF3KNO. The Balaban J connectivity index is 0.00000112. The third kappa shape index (κ3) is 3.43. The van der Waals surface area contributed by atoms with Gasteiger partial charge in [0.2, 0.25) is 0 Å². The minimum Gasteiger partial charge on any atom is -0.448 e. The molecule has 2 rings (SSSR count). The van der Waals surface area contributed by atoms with Crippen LogP contribution in [0.2, 0.25) is 0 Å². The molecule has 0 N–H and O–H groups in total.